The van der Waals surface area contributed by atoms with Crippen molar-refractivity contribution >= 4 is 51.0 Å². The molecule has 0 saturated carbocycles. The van der Waals surface area contributed by atoms with E-state index in [1.54, 1.807) is 11.8 Å². The third kappa shape index (κ3) is 4.02. The normalized spacial score (nSPS) is 21.6. The second kappa shape index (κ2) is 7.33. The first-order valence-corrected chi connectivity index (χ1v) is 9.20. The number of urea groups is 1. The Balaban J connectivity index is 2.18. The van der Waals surface area contributed by atoms with Crippen molar-refractivity contribution in [1.29, 1.82) is 0 Å². The van der Waals surface area contributed by atoms with E-state index in [0.29, 0.717) is 12.3 Å². The van der Waals surface area contributed by atoms with Gasteiger partial charge in [-0.2, -0.15) is 11.8 Å². The molecule has 1 aliphatic heterocycles. The molecular weight excluding hydrogens is 376 g/mol. The molecule has 0 bridgehead atoms. The summed E-state index contributed by atoms with van der Waals surface area (Å²) in [6, 6.07) is 2.94. The molecule has 0 aromatic carbocycles. The number of amides is 2. The van der Waals surface area contributed by atoms with Gasteiger partial charge < -0.3 is 15.4 Å². The Bertz CT molecular complexity index is 561. The molecule has 2 N–H and O–H groups in total. The van der Waals surface area contributed by atoms with Crippen molar-refractivity contribution in [2.75, 3.05) is 18.6 Å². The summed E-state index contributed by atoms with van der Waals surface area (Å²) in [6.45, 7) is 4.14. The van der Waals surface area contributed by atoms with Gasteiger partial charge >= 0.3 is 12.0 Å². The molecule has 5 nitrogen and oxygen atoms in total. The van der Waals surface area contributed by atoms with Gasteiger partial charge in [-0.15, -0.1) is 11.3 Å². The lowest BCUT2D eigenvalue weighted by Crippen LogP contribution is -2.50. The lowest BCUT2D eigenvalue weighted by atomic mass is 9.93. The van der Waals surface area contributed by atoms with E-state index in [1.807, 2.05) is 18.4 Å². The second-order valence-corrected chi connectivity index (χ2v) is 7.86. The molecular formula is C13H15BrN2O3S2. The van der Waals surface area contributed by atoms with Gasteiger partial charge in [0.05, 0.1) is 9.83 Å². The molecule has 1 aliphatic rings. The van der Waals surface area contributed by atoms with E-state index in [0.717, 1.165) is 14.4 Å². The first-order chi connectivity index (χ1) is 10.0. The first-order valence-electron chi connectivity index (χ1n) is 6.20. The molecule has 2 atom stereocenters. The molecule has 1 fully saturated rings. The van der Waals surface area contributed by atoms with Crippen LogP contribution in [-0.4, -0.2) is 30.6 Å². The number of nitrogens with one attached hydrogen (secondary N) is 2. The summed E-state index contributed by atoms with van der Waals surface area (Å²) in [5.41, 5.74) is 0.363. The summed E-state index contributed by atoms with van der Waals surface area (Å²) < 4.78 is 6.20. The van der Waals surface area contributed by atoms with Crippen LogP contribution in [0.1, 0.15) is 10.9 Å². The highest BCUT2D eigenvalue weighted by Crippen LogP contribution is 2.35. The van der Waals surface area contributed by atoms with Gasteiger partial charge in [0, 0.05) is 16.3 Å². The highest BCUT2D eigenvalue weighted by molar-refractivity contribution is 9.11. The topological polar surface area (TPSA) is 67.4 Å². The number of carbonyl (C=O) groups is 2. The van der Waals surface area contributed by atoms with Crippen LogP contribution < -0.4 is 10.6 Å². The molecule has 0 unspecified atom stereocenters. The highest BCUT2D eigenvalue weighted by atomic mass is 79.9. The van der Waals surface area contributed by atoms with Gasteiger partial charge in [-0.25, -0.2) is 4.79 Å². The molecule has 1 aromatic heterocycles. The van der Waals surface area contributed by atoms with Crippen molar-refractivity contribution in [3.05, 3.63) is 33.1 Å². The zero-order chi connectivity index (χ0) is 15.4. The minimum Gasteiger partial charge on any atom is -0.464 e. The van der Waals surface area contributed by atoms with Crippen molar-refractivity contribution in [1.82, 2.24) is 10.6 Å². The van der Waals surface area contributed by atoms with Crippen LogP contribution >= 0.6 is 39.0 Å². The molecule has 0 aliphatic carbocycles. The zero-order valence-electron chi connectivity index (χ0n) is 11.3. The second-order valence-electron chi connectivity index (χ2n) is 4.38. The van der Waals surface area contributed by atoms with Crippen LogP contribution in [0, 0.1) is 5.92 Å². The zero-order valence-corrected chi connectivity index (χ0v) is 14.6. The van der Waals surface area contributed by atoms with Gasteiger partial charge in [0.2, 0.25) is 0 Å². The van der Waals surface area contributed by atoms with Crippen LogP contribution in [0.3, 0.4) is 0 Å². The monoisotopic (exact) mass is 390 g/mol. The summed E-state index contributed by atoms with van der Waals surface area (Å²) in [5, 5.41) is 5.32. The van der Waals surface area contributed by atoms with Gasteiger partial charge in [-0.1, -0.05) is 6.58 Å². The Morgan fingerprint density at radius 1 is 1.57 bits per heavy atom. The summed E-state index contributed by atoms with van der Waals surface area (Å²) in [6.07, 6.45) is 1.95. The summed E-state index contributed by atoms with van der Waals surface area (Å²) >= 11 is 6.46. The van der Waals surface area contributed by atoms with Gasteiger partial charge in [-0.05, 0) is 34.3 Å². The third-order valence-corrected chi connectivity index (χ3v) is 5.24. The number of esters is 1. The van der Waals surface area contributed by atoms with E-state index in [2.05, 4.69) is 33.1 Å². The quantitative estimate of drug-likeness (QED) is 0.598. The van der Waals surface area contributed by atoms with Crippen molar-refractivity contribution in [3.63, 3.8) is 0 Å². The number of hydrogen-bond acceptors (Lipinski definition) is 5. The summed E-state index contributed by atoms with van der Waals surface area (Å²) in [7, 11) is 0. The number of ether oxygens (including phenoxy) is 1. The largest absolute Gasteiger partial charge is 0.464 e. The van der Waals surface area contributed by atoms with Crippen molar-refractivity contribution in [2.24, 2.45) is 5.92 Å². The fourth-order valence-electron chi connectivity index (χ4n) is 2.01. The fourth-order valence-corrected chi connectivity index (χ4v) is 3.77. The number of halogens is 1. The molecule has 0 spiro atoms. The molecule has 114 valence electrons. The number of thiophene rings is 1. The Hall–Kier alpha value is -0.990. The molecule has 2 rings (SSSR count). The van der Waals surface area contributed by atoms with E-state index >= 15 is 0 Å². The van der Waals surface area contributed by atoms with Gasteiger partial charge in [0.25, 0.3) is 0 Å². The Morgan fingerprint density at radius 3 is 2.95 bits per heavy atom. The predicted octanol–water partition coefficient (Wildman–Crippen LogP) is 2.90. The minimum atomic E-state index is -0.630. The number of hydrogen-bond donors (Lipinski definition) is 2. The number of rotatable bonds is 5. The minimum absolute atomic E-state index is 0.346. The van der Waals surface area contributed by atoms with E-state index in [4.69, 9.17) is 4.74 Å². The molecule has 21 heavy (non-hydrogen) atoms. The average molecular weight is 391 g/mol. The number of thioether (sulfide) groups is 1. The first kappa shape index (κ1) is 16.4. The van der Waals surface area contributed by atoms with Crippen molar-refractivity contribution in [2.45, 2.75) is 6.04 Å². The molecule has 2 amide bonds. The standard InChI is InChI=1S/C13H15BrN2O3S2/c1-7-10(12(17)19-5-6-20-2)11(16-13(18)15-7)8-3-4-9(14)21-8/h3-4,10-11H,1,5-6H2,2H3,(H2,15,16,18)/t10-,11+/m0/s1. The molecule has 2 heterocycles. The summed E-state index contributed by atoms with van der Waals surface area (Å²) in [4.78, 5) is 24.8. The molecule has 8 heteroatoms. The fraction of sp³-hybridized carbons (Fsp3) is 0.385. The molecule has 0 radical (unpaired) electrons. The Labute approximate surface area is 139 Å². The van der Waals surface area contributed by atoms with Crippen LogP contribution in [0.5, 0.6) is 0 Å². The Morgan fingerprint density at radius 2 is 2.33 bits per heavy atom. The molecule has 1 aromatic rings. The summed E-state index contributed by atoms with van der Waals surface area (Å²) in [5.74, 6) is -0.272. The van der Waals surface area contributed by atoms with E-state index in [1.165, 1.54) is 11.3 Å². The van der Waals surface area contributed by atoms with Gasteiger partial charge in [0.15, 0.2) is 0 Å². The van der Waals surface area contributed by atoms with Gasteiger partial charge in [0.1, 0.15) is 12.5 Å². The third-order valence-electron chi connectivity index (χ3n) is 2.96. The molecule has 1 saturated heterocycles. The maximum Gasteiger partial charge on any atom is 0.319 e. The average Bonchev–Trinajstić information content (AvgIpc) is 2.84. The van der Waals surface area contributed by atoms with Crippen LogP contribution in [0.4, 0.5) is 4.79 Å². The SMILES string of the molecule is C=C1NC(=O)N[C@H](c2ccc(Br)s2)[C@H]1C(=O)OCCSC. The Kier molecular flexibility index (Phi) is 5.72. The maximum atomic E-state index is 12.3. The lowest BCUT2D eigenvalue weighted by molar-refractivity contribution is -0.147. The maximum absolute atomic E-state index is 12.3. The van der Waals surface area contributed by atoms with Crippen LogP contribution in [-0.2, 0) is 9.53 Å². The van der Waals surface area contributed by atoms with Crippen molar-refractivity contribution < 1.29 is 14.3 Å². The van der Waals surface area contributed by atoms with E-state index in [-0.39, 0.29) is 12.0 Å². The highest BCUT2D eigenvalue weighted by Gasteiger charge is 2.39. The van der Waals surface area contributed by atoms with Gasteiger partial charge in [-0.3, -0.25) is 4.79 Å². The van der Waals surface area contributed by atoms with E-state index < -0.39 is 12.0 Å². The van der Waals surface area contributed by atoms with Crippen molar-refractivity contribution in [3.8, 4) is 0 Å². The lowest BCUT2D eigenvalue weighted by Gasteiger charge is -2.32. The van der Waals surface area contributed by atoms with Crippen LogP contribution in [0.25, 0.3) is 0 Å². The number of carbonyl (C=O) groups excluding carboxylic acids is 2. The predicted molar refractivity (Wildman–Crippen MR) is 88.4 cm³/mol. The van der Waals surface area contributed by atoms with Crippen LogP contribution in [0.15, 0.2) is 28.2 Å². The van der Waals surface area contributed by atoms with Crippen LogP contribution in [0.2, 0.25) is 0 Å². The van der Waals surface area contributed by atoms with E-state index in [9.17, 15) is 9.59 Å². The smallest absolute Gasteiger partial charge is 0.319 e.